The summed E-state index contributed by atoms with van der Waals surface area (Å²) in [4.78, 5) is 27.6. The highest BCUT2D eigenvalue weighted by molar-refractivity contribution is 8.00. The lowest BCUT2D eigenvalue weighted by molar-refractivity contribution is -0.120. The number of rotatable bonds is 7. The lowest BCUT2D eigenvalue weighted by atomic mass is 10.1. The van der Waals surface area contributed by atoms with Gasteiger partial charge in [-0.3, -0.25) is 9.59 Å². The Balaban J connectivity index is 1.89. The fourth-order valence-corrected chi connectivity index (χ4v) is 5.91. The molecule has 3 rings (SSSR count). The summed E-state index contributed by atoms with van der Waals surface area (Å²) in [5, 5.41) is 2.85. The predicted molar refractivity (Wildman–Crippen MR) is 124 cm³/mol. The molecule has 0 unspecified atom stereocenters. The van der Waals surface area contributed by atoms with Gasteiger partial charge in [-0.15, -0.1) is 11.8 Å². The molecule has 0 saturated carbocycles. The van der Waals surface area contributed by atoms with Crippen LogP contribution in [0.25, 0.3) is 0 Å². The van der Waals surface area contributed by atoms with E-state index in [1.165, 1.54) is 27.0 Å². The standard InChI is InChI=1S/C22H27N3O4S2/c1-5-24(6-2)31(28,29)17-8-10-20-19(12-17)25(22(27)14-30-20)13-21(26)23-18-9-7-15(3)11-16(18)4/h7-12H,5-6,13-14H2,1-4H3,(H,23,26). The molecule has 0 aromatic heterocycles. The van der Waals surface area contributed by atoms with Crippen LogP contribution in [-0.4, -0.2) is 49.9 Å². The molecule has 1 heterocycles. The van der Waals surface area contributed by atoms with Crippen LogP contribution in [0.3, 0.4) is 0 Å². The van der Waals surface area contributed by atoms with E-state index in [9.17, 15) is 18.0 Å². The van der Waals surface area contributed by atoms with Crippen LogP contribution in [0.5, 0.6) is 0 Å². The maximum absolute atomic E-state index is 12.9. The molecule has 166 valence electrons. The molecule has 9 heteroatoms. The minimum atomic E-state index is -3.68. The molecule has 0 radical (unpaired) electrons. The Morgan fingerprint density at radius 2 is 1.84 bits per heavy atom. The van der Waals surface area contributed by atoms with Crippen LogP contribution in [0.1, 0.15) is 25.0 Å². The van der Waals surface area contributed by atoms with Crippen LogP contribution in [0.2, 0.25) is 0 Å². The number of amides is 2. The van der Waals surface area contributed by atoms with E-state index in [-0.39, 0.29) is 29.0 Å². The molecule has 1 aliphatic heterocycles. The average molecular weight is 462 g/mol. The Morgan fingerprint density at radius 1 is 1.13 bits per heavy atom. The smallest absolute Gasteiger partial charge is 0.244 e. The van der Waals surface area contributed by atoms with E-state index in [1.807, 2.05) is 32.0 Å². The zero-order chi connectivity index (χ0) is 22.8. The van der Waals surface area contributed by atoms with Gasteiger partial charge < -0.3 is 10.2 Å². The van der Waals surface area contributed by atoms with Crippen LogP contribution in [0, 0.1) is 13.8 Å². The topological polar surface area (TPSA) is 86.8 Å². The average Bonchev–Trinajstić information content (AvgIpc) is 2.72. The van der Waals surface area contributed by atoms with Crippen LogP contribution in [-0.2, 0) is 19.6 Å². The van der Waals surface area contributed by atoms with Gasteiger partial charge in [-0.2, -0.15) is 4.31 Å². The van der Waals surface area contributed by atoms with Crippen LogP contribution >= 0.6 is 11.8 Å². The maximum Gasteiger partial charge on any atom is 0.244 e. The SMILES string of the molecule is CCN(CC)S(=O)(=O)c1ccc2c(c1)N(CC(=O)Nc1ccc(C)cc1C)C(=O)CS2. The molecule has 0 saturated heterocycles. The minimum absolute atomic E-state index is 0.116. The van der Waals surface area contributed by atoms with E-state index in [2.05, 4.69) is 5.32 Å². The lowest BCUT2D eigenvalue weighted by Gasteiger charge is -2.29. The van der Waals surface area contributed by atoms with Crippen molar-refractivity contribution in [3.63, 3.8) is 0 Å². The number of carbonyl (C=O) groups excluding carboxylic acids is 2. The van der Waals surface area contributed by atoms with Gasteiger partial charge in [0, 0.05) is 23.7 Å². The van der Waals surface area contributed by atoms with Crippen molar-refractivity contribution < 1.29 is 18.0 Å². The summed E-state index contributed by atoms with van der Waals surface area (Å²) in [6.07, 6.45) is 0. The van der Waals surface area contributed by atoms with Crippen LogP contribution < -0.4 is 10.2 Å². The van der Waals surface area contributed by atoms with Gasteiger partial charge in [-0.05, 0) is 43.7 Å². The van der Waals surface area contributed by atoms with E-state index in [4.69, 9.17) is 0 Å². The van der Waals surface area contributed by atoms with Crippen LogP contribution in [0.4, 0.5) is 11.4 Å². The van der Waals surface area contributed by atoms with Crippen molar-refractivity contribution in [1.82, 2.24) is 4.31 Å². The maximum atomic E-state index is 12.9. The summed E-state index contributed by atoms with van der Waals surface area (Å²) >= 11 is 1.34. The first kappa shape index (κ1) is 23.3. The fourth-order valence-electron chi connectivity index (χ4n) is 3.52. The molecule has 0 fully saturated rings. The van der Waals surface area contributed by atoms with Crippen molar-refractivity contribution in [1.29, 1.82) is 0 Å². The van der Waals surface area contributed by atoms with Crippen molar-refractivity contribution in [2.75, 3.05) is 35.6 Å². The number of benzene rings is 2. The molecule has 2 aromatic rings. The summed E-state index contributed by atoms with van der Waals surface area (Å²) in [5.74, 6) is -0.368. The number of thioether (sulfide) groups is 1. The first-order valence-electron chi connectivity index (χ1n) is 10.1. The number of fused-ring (bicyclic) bond motifs is 1. The second kappa shape index (κ2) is 9.42. The number of nitrogens with one attached hydrogen (secondary N) is 1. The van der Waals surface area contributed by atoms with Crippen molar-refractivity contribution >= 4 is 45.0 Å². The van der Waals surface area contributed by atoms with Gasteiger partial charge in [0.05, 0.1) is 16.3 Å². The number of hydrogen-bond acceptors (Lipinski definition) is 5. The molecule has 0 aliphatic carbocycles. The molecule has 2 aromatic carbocycles. The Hall–Kier alpha value is -2.36. The molecule has 31 heavy (non-hydrogen) atoms. The van der Waals surface area contributed by atoms with Gasteiger partial charge in [-0.25, -0.2) is 8.42 Å². The number of sulfonamides is 1. The number of anilines is 2. The fraction of sp³-hybridized carbons (Fsp3) is 0.364. The Kier molecular flexibility index (Phi) is 7.08. The van der Waals surface area contributed by atoms with Crippen molar-refractivity contribution in [2.45, 2.75) is 37.5 Å². The van der Waals surface area contributed by atoms with Gasteiger partial charge in [0.25, 0.3) is 0 Å². The summed E-state index contributed by atoms with van der Waals surface area (Å²) in [6, 6.07) is 10.5. The number of nitrogens with zero attached hydrogens (tertiary/aromatic N) is 2. The number of carbonyl (C=O) groups is 2. The molecule has 1 N–H and O–H groups in total. The molecule has 7 nitrogen and oxygen atoms in total. The third kappa shape index (κ3) is 4.94. The lowest BCUT2D eigenvalue weighted by Crippen LogP contribution is -2.41. The molecule has 0 atom stereocenters. The monoisotopic (exact) mass is 461 g/mol. The summed E-state index contributed by atoms with van der Waals surface area (Å²) in [6.45, 7) is 7.96. The first-order chi connectivity index (χ1) is 14.7. The summed E-state index contributed by atoms with van der Waals surface area (Å²) in [5.41, 5.74) is 3.16. The summed E-state index contributed by atoms with van der Waals surface area (Å²) in [7, 11) is -3.68. The molecule has 2 amide bonds. The second-order valence-corrected chi connectivity index (χ2v) is 10.3. The van der Waals surface area contributed by atoms with Crippen molar-refractivity contribution in [3.8, 4) is 0 Å². The third-order valence-electron chi connectivity index (χ3n) is 5.17. The predicted octanol–water partition coefficient (Wildman–Crippen LogP) is 3.41. The highest BCUT2D eigenvalue weighted by Crippen LogP contribution is 2.37. The zero-order valence-electron chi connectivity index (χ0n) is 18.1. The van der Waals surface area contributed by atoms with E-state index >= 15 is 0 Å². The Morgan fingerprint density at radius 3 is 2.48 bits per heavy atom. The molecule has 1 aliphatic rings. The normalized spacial score (nSPS) is 14.0. The summed E-state index contributed by atoms with van der Waals surface area (Å²) < 4.78 is 27.2. The van der Waals surface area contributed by atoms with E-state index in [0.29, 0.717) is 24.5 Å². The number of aryl methyl sites for hydroxylation is 2. The van der Waals surface area contributed by atoms with Gasteiger partial charge in [0.15, 0.2) is 0 Å². The van der Waals surface area contributed by atoms with E-state index < -0.39 is 10.0 Å². The highest BCUT2D eigenvalue weighted by atomic mass is 32.2. The zero-order valence-corrected chi connectivity index (χ0v) is 19.8. The van der Waals surface area contributed by atoms with Gasteiger partial charge in [0.2, 0.25) is 21.8 Å². The first-order valence-corrected chi connectivity index (χ1v) is 12.5. The highest BCUT2D eigenvalue weighted by Gasteiger charge is 2.30. The molecular formula is C22H27N3O4S2. The quantitative estimate of drug-likeness (QED) is 0.683. The van der Waals surface area contributed by atoms with Gasteiger partial charge >= 0.3 is 0 Å². The number of hydrogen-bond donors (Lipinski definition) is 1. The van der Waals surface area contributed by atoms with Gasteiger partial charge in [-0.1, -0.05) is 31.5 Å². The molecule has 0 spiro atoms. The third-order valence-corrected chi connectivity index (χ3v) is 8.27. The largest absolute Gasteiger partial charge is 0.324 e. The molecular weight excluding hydrogens is 434 g/mol. The van der Waals surface area contributed by atoms with Crippen molar-refractivity contribution in [2.24, 2.45) is 0 Å². The van der Waals surface area contributed by atoms with Gasteiger partial charge in [0.1, 0.15) is 6.54 Å². The Labute approximate surface area is 187 Å². The second-order valence-electron chi connectivity index (χ2n) is 7.35. The van der Waals surface area contributed by atoms with Crippen molar-refractivity contribution in [3.05, 3.63) is 47.5 Å². The van der Waals surface area contributed by atoms with E-state index in [1.54, 1.807) is 26.0 Å². The van der Waals surface area contributed by atoms with E-state index in [0.717, 1.165) is 16.0 Å². The Bertz CT molecular complexity index is 1110. The molecule has 0 bridgehead atoms. The van der Waals surface area contributed by atoms with Crippen LogP contribution in [0.15, 0.2) is 46.2 Å². The minimum Gasteiger partial charge on any atom is -0.324 e.